The standard InChI is InChI=1S/C17H20N6O2.C2HF3O2/c1-4-6-10-22-13-14(19-16(22)21-11-7-18-8-12-21)23(9-5-2)17(25)20(3)15(13)24;3-2(4,5)1(6)7/h2,18H,7-12H2,1,3H3;(H,6,7). The van der Waals surface area contributed by atoms with Gasteiger partial charge in [0.05, 0.1) is 13.1 Å². The van der Waals surface area contributed by atoms with Crippen molar-refractivity contribution in [3.63, 3.8) is 0 Å². The summed E-state index contributed by atoms with van der Waals surface area (Å²) in [6.45, 7) is 5.33. The van der Waals surface area contributed by atoms with Crippen LogP contribution in [0.1, 0.15) is 6.92 Å². The van der Waals surface area contributed by atoms with Crippen LogP contribution < -0.4 is 21.5 Å². The molecule has 2 aromatic heterocycles. The van der Waals surface area contributed by atoms with E-state index in [0.717, 1.165) is 30.7 Å². The number of fused-ring (bicyclic) bond motifs is 1. The fourth-order valence-electron chi connectivity index (χ4n) is 2.99. The Hall–Kier alpha value is -3.71. The number of imidazole rings is 1. The fraction of sp³-hybridized carbons (Fsp3) is 0.474. The van der Waals surface area contributed by atoms with Crippen LogP contribution in [0.15, 0.2) is 9.59 Å². The average Bonchev–Trinajstić information content (AvgIpc) is 3.13. The Morgan fingerprint density at radius 2 is 1.81 bits per heavy atom. The van der Waals surface area contributed by atoms with Crippen molar-refractivity contribution in [3.05, 3.63) is 20.8 Å². The van der Waals surface area contributed by atoms with Crippen molar-refractivity contribution in [1.82, 2.24) is 24.0 Å². The van der Waals surface area contributed by atoms with Crippen LogP contribution in [0.2, 0.25) is 0 Å². The topological polar surface area (TPSA) is 114 Å². The van der Waals surface area contributed by atoms with Crippen molar-refractivity contribution in [2.45, 2.75) is 26.2 Å². The van der Waals surface area contributed by atoms with Gasteiger partial charge >= 0.3 is 17.8 Å². The number of halogens is 3. The molecule has 2 aromatic rings. The highest BCUT2D eigenvalue weighted by atomic mass is 19.4. The summed E-state index contributed by atoms with van der Waals surface area (Å²) in [5.41, 5.74) is -0.181. The van der Waals surface area contributed by atoms with E-state index < -0.39 is 17.8 Å². The molecule has 0 spiro atoms. The molecule has 1 saturated heterocycles. The molecule has 32 heavy (non-hydrogen) atoms. The van der Waals surface area contributed by atoms with Crippen molar-refractivity contribution >= 4 is 23.1 Å². The molecule has 0 aliphatic carbocycles. The number of nitrogens with one attached hydrogen (secondary N) is 1. The molecule has 0 aromatic carbocycles. The first kappa shape index (κ1) is 24.6. The number of carboxylic acids is 1. The molecule has 0 unspecified atom stereocenters. The van der Waals surface area contributed by atoms with E-state index in [1.807, 2.05) is 0 Å². The van der Waals surface area contributed by atoms with Crippen molar-refractivity contribution in [3.8, 4) is 24.2 Å². The Bertz CT molecular complexity index is 1220. The van der Waals surface area contributed by atoms with E-state index in [-0.39, 0.29) is 12.1 Å². The van der Waals surface area contributed by atoms with Crippen LogP contribution in [-0.2, 0) is 24.9 Å². The van der Waals surface area contributed by atoms with E-state index in [9.17, 15) is 22.8 Å². The van der Waals surface area contributed by atoms with Crippen LogP contribution in [0, 0.1) is 24.2 Å². The molecule has 0 saturated carbocycles. The lowest BCUT2D eigenvalue weighted by atomic mass is 10.4. The third-order valence-electron chi connectivity index (χ3n) is 4.52. The summed E-state index contributed by atoms with van der Waals surface area (Å²) in [5.74, 6) is 6.19. The molecule has 3 heterocycles. The van der Waals surface area contributed by atoms with Gasteiger partial charge in [0.1, 0.15) is 0 Å². The molecule has 2 N–H and O–H groups in total. The monoisotopic (exact) mass is 454 g/mol. The number of carboxylic acid groups (broad SMARTS) is 1. The molecular weight excluding hydrogens is 433 g/mol. The zero-order valence-electron chi connectivity index (χ0n) is 17.4. The van der Waals surface area contributed by atoms with Gasteiger partial charge in [-0.15, -0.1) is 12.3 Å². The molecule has 1 aliphatic rings. The largest absolute Gasteiger partial charge is 0.490 e. The van der Waals surface area contributed by atoms with E-state index >= 15 is 0 Å². The summed E-state index contributed by atoms with van der Waals surface area (Å²) >= 11 is 0. The summed E-state index contributed by atoms with van der Waals surface area (Å²) in [6, 6.07) is 0. The van der Waals surface area contributed by atoms with Gasteiger partial charge in [0.15, 0.2) is 11.2 Å². The number of hydrogen-bond acceptors (Lipinski definition) is 6. The second-order valence-electron chi connectivity index (χ2n) is 6.57. The molecule has 172 valence electrons. The number of alkyl halides is 3. The Balaban J connectivity index is 0.000000451. The number of hydrogen-bond donors (Lipinski definition) is 2. The smallest absolute Gasteiger partial charge is 0.475 e. The number of rotatable bonds is 3. The Morgan fingerprint density at radius 3 is 2.31 bits per heavy atom. The SMILES string of the molecule is C#CCn1c(=O)n(C)c(=O)c2c1nc(N1CCNCC1)n2CC#CC.O=C(O)C(F)(F)F. The molecule has 0 bridgehead atoms. The number of piperazine rings is 1. The van der Waals surface area contributed by atoms with E-state index in [4.69, 9.17) is 16.3 Å². The number of aromatic nitrogens is 4. The molecule has 0 radical (unpaired) electrons. The molecule has 0 atom stereocenters. The van der Waals surface area contributed by atoms with Crippen molar-refractivity contribution in [1.29, 1.82) is 0 Å². The number of nitrogens with zero attached hydrogens (tertiary/aromatic N) is 5. The second-order valence-corrected chi connectivity index (χ2v) is 6.57. The van der Waals surface area contributed by atoms with Crippen LogP contribution in [0.25, 0.3) is 11.2 Å². The minimum Gasteiger partial charge on any atom is -0.475 e. The van der Waals surface area contributed by atoms with Gasteiger partial charge in [-0.05, 0) is 6.92 Å². The number of anilines is 1. The Kier molecular flexibility index (Phi) is 7.72. The highest BCUT2D eigenvalue weighted by molar-refractivity contribution is 5.75. The highest BCUT2D eigenvalue weighted by Gasteiger charge is 2.38. The average molecular weight is 454 g/mol. The maximum Gasteiger partial charge on any atom is 0.490 e. The molecular formula is C19H21F3N6O4. The van der Waals surface area contributed by atoms with Crippen molar-refractivity contribution < 1.29 is 23.1 Å². The fourth-order valence-corrected chi connectivity index (χ4v) is 2.99. The second kappa shape index (κ2) is 10.1. The van der Waals surface area contributed by atoms with Crippen molar-refractivity contribution in [2.24, 2.45) is 7.05 Å². The zero-order valence-corrected chi connectivity index (χ0v) is 17.4. The van der Waals surface area contributed by atoms with Crippen molar-refractivity contribution in [2.75, 3.05) is 31.1 Å². The van der Waals surface area contributed by atoms with Gasteiger partial charge in [0.2, 0.25) is 5.95 Å². The third-order valence-corrected chi connectivity index (χ3v) is 4.52. The maximum atomic E-state index is 12.7. The maximum absolute atomic E-state index is 12.7. The zero-order chi connectivity index (χ0) is 24.1. The molecule has 1 aliphatic heterocycles. The Morgan fingerprint density at radius 1 is 1.22 bits per heavy atom. The van der Waals surface area contributed by atoms with E-state index in [1.165, 1.54) is 11.6 Å². The van der Waals surface area contributed by atoms with Gasteiger partial charge in [-0.3, -0.25) is 18.5 Å². The summed E-state index contributed by atoms with van der Waals surface area (Å²) < 4.78 is 35.9. The quantitative estimate of drug-likeness (QED) is 0.607. The molecule has 3 rings (SSSR count). The molecule has 10 nitrogen and oxygen atoms in total. The summed E-state index contributed by atoms with van der Waals surface area (Å²) in [4.78, 5) is 40.8. The first-order chi connectivity index (χ1) is 15.0. The summed E-state index contributed by atoms with van der Waals surface area (Å²) in [7, 11) is 1.45. The highest BCUT2D eigenvalue weighted by Crippen LogP contribution is 2.20. The lowest BCUT2D eigenvalue weighted by Crippen LogP contribution is -2.44. The van der Waals surface area contributed by atoms with Crippen LogP contribution in [0.4, 0.5) is 19.1 Å². The molecule has 1 fully saturated rings. The van der Waals surface area contributed by atoms with Crippen LogP contribution in [0.3, 0.4) is 0 Å². The van der Waals surface area contributed by atoms with Gasteiger partial charge in [-0.25, -0.2) is 9.59 Å². The molecule has 0 amide bonds. The van der Waals surface area contributed by atoms with E-state index in [2.05, 4.69) is 33.0 Å². The number of aliphatic carboxylic acids is 1. The summed E-state index contributed by atoms with van der Waals surface area (Å²) in [6.07, 6.45) is 0.320. The van der Waals surface area contributed by atoms with E-state index in [0.29, 0.717) is 23.7 Å². The van der Waals surface area contributed by atoms with Gasteiger partial charge in [0, 0.05) is 33.2 Å². The predicted octanol–water partition coefficient (Wildman–Crippen LogP) is -0.404. The normalized spacial score (nSPS) is 13.6. The number of carbonyl (C=O) groups is 1. The van der Waals surface area contributed by atoms with Gasteiger partial charge < -0.3 is 15.3 Å². The van der Waals surface area contributed by atoms with E-state index in [1.54, 1.807) is 11.5 Å². The van der Waals surface area contributed by atoms with Crippen LogP contribution in [0.5, 0.6) is 0 Å². The lowest BCUT2D eigenvalue weighted by Gasteiger charge is -2.28. The van der Waals surface area contributed by atoms with Gasteiger partial charge in [0.25, 0.3) is 5.56 Å². The first-order valence-electron chi connectivity index (χ1n) is 9.33. The Labute approximate surface area is 180 Å². The number of terminal acetylenes is 1. The van der Waals surface area contributed by atoms with Crippen LogP contribution >= 0.6 is 0 Å². The first-order valence-corrected chi connectivity index (χ1v) is 9.33. The lowest BCUT2D eigenvalue weighted by molar-refractivity contribution is -0.192. The summed E-state index contributed by atoms with van der Waals surface area (Å²) in [5, 5.41) is 10.4. The third kappa shape index (κ3) is 5.12. The van der Waals surface area contributed by atoms with Gasteiger partial charge in [-0.2, -0.15) is 18.2 Å². The van der Waals surface area contributed by atoms with Gasteiger partial charge in [-0.1, -0.05) is 11.8 Å². The molecule has 13 heteroatoms. The minimum absolute atomic E-state index is 0.0565. The predicted molar refractivity (Wildman–Crippen MR) is 110 cm³/mol. The minimum atomic E-state index is -5.08. The van der Waals surface area contributed by atoms with Crippen LogP contribution in [-0.4, -0.2) is 62.1 Å².